The van der Waals surface area contributed by atoms with Crippen LogP contribution in [-0.4, -0.2) is 58.1 Å². The highest BCUT2D eigenvalue weighted by molar-refractivity contribution is 14.0. The third-order valence-electron chi connectivity index (χ3n) is 4.07. The van der Waals surface area contributed by atoms with Crippen LogP contribution in [0.5, 0.6) is 5.75 Å². The number of guanidine groups is 1. The first-order valence-corrected chi connectivity index (χ1v) is 9.75. The Kier molecular flexibility index (Phi) is 13.3. The van der Waals surface area contributed by atoms with Crippen LogP contribution in [0.3, 0.4) is 0 Å². The molecular formula is C20H34IN3O3. The van der Waals surface area contributed by atoms with Crippen molar-refractivity contribution in [3.05, 3.63) is 29.8 Å². The average Bonchev–Trinajstić information content (AvgIpc) is 3.15. The number of benzene rings is 1. The summed E-state index contributed by atoms with van der Waals surface area (Å²) in [6.07, 6.45) is 3.13. The van der Waals surface area contributed by atoms with Gasteiger partial charge in [-0.2, -0.15) is 0 Å². The minimum Gasteiger partial charge on any atom is -0.494 e. The monoisotopic (exact) mass is 491 g/mol. The summed E-state index contributed by atoms with van der Waals surface area (Å²) in [5.41, 5.74) is 1.26. The molecule has 0 amide bonds. The highest BCUT2D eigenvalue weighted by atomic mass is 127. The lowest BCUT2D eigenvalue weighted by atomic mass is 10.1. The van der Waals surface area contributed by atoms with E-state index < -0.39 is 0 Å². The van der Waals surface area contributed by atoms with Crippen molar-refractivity contribution in [2.24, 2.45) is 4.99 Å². The number of ether oxygens (including phenoxy) is 3. The molecule has 1 aliphatic rings. The van der Waals surface area contributed by atoms with Gasteiger partial charge in [-0.05, 0) is 50.8 Å². The van der Waals surface area contributed by atoms with Crippen LogP contribution < -0.4 is 15.4 Å². The van der Waals surface area contributed by atoms with Crippen molar-refractivity contribution < 1.29 is 14.2 Å². The lowest BCUT2D eigenvalue weighted by molar-refractivity contribution is 0.0424. The Morgan fingerprint density at radius 3 is 2.93 bits per heavy atom. The molecule has 0 saturated carbocycles. The van der Waals surface area contributed by atoms with Crippen molar-refractivity contribution in [2.75, 3.05) is 46.1 Å². The van der Waals surface area contributed by atoms with Gasteiger partial charge in [0.15, 0.2) is 5.96 Å². The summed E-state index contributed by atoms with van der Waals surface area (Å²) in [5, 5.41) is 6.68. The van der Waals surface area contributed by atoms with Gasteiger partial charge in [-0.1, -0.05) is 12.1 Å². The summed E-state index contributed by atoms with van der Waals surface area (Å²) in [7, 11) is 0. The zero-order chi connectivity index (χ0) is 18.5. The Morgan fingerprint density at radius 2 is 2.19 bits per heavy atom. The summed E-state index contributed by atoms with van der Waals surface area (Å²) in [5.74, 6) is 1.79. The van der Waals surface area contributed by atoms with Gasteiger partial charge in [-0.3, -0.25) is 4.99 Å². The van der Waals surface area contributed by atoms with Gasteiger partial charge >= 0.3 is 0 Å². The zero-order valence-corrected chi connectivity index (χ0v) is 18.9. The van der Waals surface area contributed by atoms with Crippen LogP contribution in [-0.2, 0) is 15.9 Å². The fraction of sp³-hybridized carbons (Fsp3) is 0.650. The first-order valence-electron chi connectivity index (χ1n) is 9.75. The fourth-order valence-corrected chi connectivity index (χ4v) is 2.77. The standard InChI is InChI=1S/C20H33N3O3.HI/c1-3-21-20(22-11-6-13-26-19-10-14-24-16-19)23-12-9-17-7-5-8-18(15-17)25-4-2;/h5,7-8,15,19H,3-4,6,9-14,16H2,1-2H3,(H2,21,22,23);1H. The van der Waals surface area contributed by atoms with Crippen LogP contribution in [0, 0.1) is 0 Å². The first-order chi connectivity index (χ1) is 12.8. The van der Waals surface area contributed by atoms with Gasteiger partial charge in [0.25, 0.3) is 0 Å². The highest BCUT2D eigenvalue weighted by Gasteiger charge is 2.15. The summed E-state index contributed by atoms with van der Waals surface area (Å²) in [6.45, 7) is 9.49. The SMILES string of the molecule is CCNC(=NCCCOC1CCOC1)NCCc1cccc(OCC)c1.I. The highest BCUT2D eigenvalue weighted by Crippen LogP contribution is 2.13. The van der Waals surface area contributed by atoms with E-state index in [2.05, 4.69) is 34.7 Å². The van der Waals surface area contributed by atoms with Crippen molar-refractivity contribution in [3.63, 3.8) is 0 Å². The molecule has 2 rings (SSSR count). The van der Waals surface area contributed by atoms with Crippen LogP contribution >= 0.6 is 24.0 Å². The zero-order valence-electron chi connectivity index (χ0n) is 16.5. The lowest BCUT2D eigenvalue weighted by Gasteiger charge is -2.12. The van der Waals surface area contributed by atoms with E-state index in [4.69, 9.17) is 14.2 Å². The minimum atomic E-state index is 0. The van der Waals surface area contributed by atoms with Crippen molar-refractivity contribution in [3.8, 4) is 5.75 Å². The Labute approximate surface area is 180 Å². The Bertz CT molecular complexity index is 537. The molecule has 27 heavy (non-hydrogen) atoms. The number of rotatable bonds is 11. The molecule has 1 saturated heterocycles. The maximum atomic E-state index is 5.77. The predicted molar refractivity (Wildman–Crippen MR) is 121 cm³/mol. The van der Waals surface area contributed by atoms with E-state index in [1.54, 1.807) is 0 Å². The topological polar surface area (TPSA) is 64.1 Å². The predicted octanol–water partition coefficient (Wildman–Crippen LogP) is 3.00. The number of hydrogen-bond acceptors (Lipinski definition) is 4. The summed E-state index contributed by atoms with van der Waals surface area (Å²) in [4.78, 5) is 4.61. The van der Waals surface area contributed by atoms with Gasteiger partial charge < -0.3 is 24.8 Å². The molecule has 0 spiro atoms. The molecule has 0 bridgehead atoms. The quantitative estimate of drug-likeness (QED) is 0.216. The van der Waals surface area contributed by atoms with Crippen LogP contribution in [0.1, 0.15) is 32.3 Å². The van der Waals surface area contributed by atoms with Crippen molar-refractivity contribution in [1.29, 1.82) is 0 Å². The second-order valence-electron chi connectivity index (χ2n) is 6.23. The van der Waals surface area contributed by atoms with Gasteiger partial charge in [0.2, 0.25) is 0 Å². The molecule has 154 valence electrons. The second kappa shape index (κ2) is 14.9. The smallest absolute Gasteiger partial charge is 0.191 e. The Hall–Kier alpha value is -1.06. The van der Waals surface area contributed by atoms with Crippen molar-refractivity contribution in [1.82, 2.24) is 10.6 Å². The molecule has 0 aliphatic carbocycles. The molecule has 1 aromatic rings. The molecule has 6 nitrogen and oxygen atoms in total. The van der Waals surface area contributed by atoms with Gasteiger partial charge in [0.05, 0.1) is 19.3 Å². The molecule has 1 fully saturated rings. The van der Waals surface area contributed by atoms with Crippen molar-refractivity contribution in [2.45, 2.75) is 39.2 Å². The van der Waals surface area contributed by atoms with E-state index in [0.717, 1.165) is 70.4 Å². The molecule has 1 aliphatic heterocycles. The summed E-state index contributed by atoms with van der Waals surface area (Å²) < 4.78 is 16.6. The van der Waals surface area contributed by atoms with Gasteiger partial charge in [-0.15, -0.1) is 24.0 Å². The molecule has 1 heterocycles. The molecule has 0 radical (unpaired) electrons. The van der Waals surface area contributed by atoms with E-state index >= 15 is 0 Å². The molecule has 1 unspecified atom stereocenters. The number of nitrogens with zero attached hydrogens (tertiary/aromatic N) is 1. The first kappa shape index (κ1) is 24.0. The summed E-state index contributed by atoms with van der Waals surface area (Å²) >= 11 is 0. The van der Waals surface area contributed by atoms with Gasteiger partial charge in [0.1, 0.15) is 5.75 Å². The molecule has 1 aromatic carbocycles. The second-order valence-corrected chi connectivity index (χ2v) is 6.23. The van der Waals surface area contributed by atoms with Crippen LogP contribution in [0.2, 0.25) is 0 Å². The van der Waals surface area contributed by atoms with E-state index in [1.165, 1.54) is 5.56 Å². The molecule has 7 heteroatoms. The lowest BCUT2D eigenvalue weighted by Crippen LogP contribution is -2.38. The summed E-state index contributed by atoms with van der Waals surface area (Å²) in [6, 6.07) is 8.25. The number of halogens is 1. The molecular weight excluding hydrogens is 457 g/mol. The van der Waals surface area contributed by atoms with E-state index in [9.17, 15) is 0 Å². The van der Waals surface area contributed by atoms with Crippen LogP contribution in [0.25, 0.3) is 0 Å². The van der Waals surface area contributed by atoms with Crippen molar-refractivity contribution >= 4 is 29.9 Å². The Morgan fingerprint density at radius 1 is 1.30 bits per heavy atom. The maximum absolute atomic E-state index is 5.77. The van der Waals surface area contributed by atoms with Crippen LogP contribution in [0.4, 0.5) is 0 Å². The maximum Gasteiger partial charge on any atom is 0.191 e. The van der Waals surface area contributed by atoms with E-state index in [0.29, 0.717) is 6.61 Å². The Balaban J connectivity index is 0.00000364. The largest absolute Gasteiger partial charge is 0.494 e. The number of hydrogen-bond donors (Lipinski definition) is 2. The molecule has 0 aromatic heterocycles. The normalized spacial score (nSPS) is 16.7. The number of aliphatic imine (C=N–C) groups is 1. The van der Waals surface area contributed by atoms with E-state index in [-0.39, 0.29) is 30.1 Å². The fourth-order valence-electron chi connectivity index (χ4n) is 2.77. The van der Waals surface area contributed by atoms with E-state index in [1.807, 2.05) is 19.1 Å². The van der Waals surface area contributed by atoms with Gasteiger partial charge in [-0.25, -0.2) is 0 Å². The van der Waals surface area contributed by atoms with Gasteiger partial charge in [0, 0.05) is 32.8 Å². The molecule has 1 atom stereocenters. The minimum absolute atomic E-state index is 0. The molecule has 2 N–H and O–H groups in total. The van der Waals surface area contributed by atoms with Crippen LogP contribution in [0.15, 0.2) is 29.3 Å². The third kappa shape index (κ3) is 10.2. The average molecular weight is 491 g/mol. The third-order valence-corrected chi connectivity index (χ3v) is 4.07. The number of nitrogens with one attached hydrogen (secondary N) is 2.